The van der Waals surface area contributed by atoms with Crippen LogP contribution in [0.4, 0.5) is 0 Å². The van der Waals surface area contributed by atoms with E-state index < -0.39 is 21.0 Å². The van der Waals surface area contributed by atoms with Gasteiger partial charge in [-0.25, -0.2) is 8.42 Å². The number of aryl methyl sites for hydroxylation is 2. The van der Waals surface area contributed by atoms with Gasteiger partial charge in [-0.1, -0.05) is 25.7 Å². The third-order valence-electron chi connectivity index (χ3n) is 5.64. The lowest BCUT2D eigenvalue weighted by molar-refractivity contribution is -0.121. The van der Waals surface area contributed by atoms with Crippen molar-refractivity contribution in [2.75, 3.05) is 5.75 Å². The average Bonchev–Trinajstić information content (AvgIpc) is 2.97. The highest BCUT2D eigenvalue weighted by Crippen LogP contribution is 2.19. The van der Waals surface area contributed by atoms with Gasteiger partial charge in [0.1, 0.15) is 0 Å². The maximum absolute atomic E-state index is 12.7. The summed E-state index contributed by atoms with van der Waals surface area (Å²) < 4.78 is 27.8. The van der Waals surface area contributed by atoms with Crippen molar-refractivity contribution in [1.82, 2.24) is 14.5 Å². The van der Waals surface area contributed by atoms with Crippen molar-refractivity contribution in [1.29, 1.82) is 0 Å². The van der Waals surface area contributed by atoms with E-state index in [0.717, 1.165) is 30.3 Å². The first-order valence-corrected chi connectivity index (χ1v) is 11.6. The standard InChI is InChI=1S/C20H27N3O5S/c1-22-16-10-9-15(13-17(16)23(2)20(26)19(22)25)29(27,28)12-11-18(24)21-14-7-5-3-4-6-8-14/h9-10,13-14H,3-8,11-12H2,1-2H3,(H,21,24). The first-order chi connectivity index (χ1) is 13.7. The van der Waals surface area contributed by atoms with E-state index in [-0.39, 0.29) is 29.0 Å². The molecule has 29 heavy (non-hydrogen) atoms. The normalized spacial score (nSPS) is 15.9. The molecule has 1 aliphatic rings. The van der Waals surface area contributed by atoms with Gasteiger partial charge in [0.05, 0.1) is 21.7 Å². The molecule has 0 saturated heterocycles. The van der Waals surface area contributed by atoms with E-state index in [4.69, 9.17) is 0 Å². The van der Waals surface area contributed by atoms with Gasteiger partial charge in [0.15, 0.2) is 9.84 Å². The van der Waals surface area contributed by atoms with E-state index in [9.17, 15) is 22.8 Å². The summed E-state index contributed by atoms with van der Waals surface area (Å²) >= 11 is 0. The molecule has 1 saturated carbocycles. The molecule has 8 nitrogen and oxygen atoms in total. The highest BCUT2D eigenvalue weighted by molar-refractivity contribution is 7.91. The fourth-order valence-electron chi connectivity index (χ4n) is 3.82. The molecule has 1 aromatic carbocycles. The summed E-state index contributed by atoms with van der Waals surface area (Å²) in [6.07, 6.45) is 6.30. The Labute approximate surface area is 169 Å². The van der Waals surface area contributed by atoms with Crippen molar-refractivity contribution in [3.63, 3.8) is 0 Å². The zero-order valence-electron chi connectivity index (χ0n) is 16.8. The maximum Gasteiger partial charge on any atom is 0.316 e. The van der Waals surface area contributed by atoms with E-state index in [0.29, 0.717) is 11.0 Å². The van der Waals surface area contributed by atoms with Gasteiger partial charge in [-0.3, -0.25) is 14.4 Å². The molecule has 0 unspecified atom stereocenters. The molecule has 2 aromatic rings. The van der Waals surface area contributed by atoms with E-state index >= 15 is 0 Å². The molecular weight excluding hydrogens is 394 g/mol. The molecule has 0 aliphatic heterocycles. The summed E-state index contributed by atoms with van der Waals surface area (Å²) in [4.78, 5) is 36.2. The summed E-state index contributed by atoms with van der Waals surface area (Å²) in [6.45, 7) is 0. The second kappa shape index (κ2) is 8.52. The maximum atomic E-state index is 12.7. The van der Waals surface area contributed by atoms with Crippen molar-refractivity contribution in [3.05, 3.63) is 38.9 Å². The molecule has 1 amide bonds. The fourth-order valence-corrected chi connectivity index (χ4v) is 5.08. The highest BCUT2D eigenvalue weighted by Gasteiger charge is 2.20. The lowest BCUT2D eigenvalue weighted by Gasteiger charge is -2.16. The molecule has 0 atom stereocenters. The van der Waals surface area contributed by atoms with Crippen LogP contribution >= 0.6 is 0 Å². The largest absolute Gasteiger partial charge is 0.353 e. The fraction of sp³-hybridized carbons (Fsp3) is 0.550. The van der Waals surface area contributed by atoms with Gasteiger partial charge >= 0.3 is 11.1 Å². The van der Waals surface area contributed by atoms with Gasteiger partial charge < -0.3 is 14.5 Å². The number of carbonyl (C=O) groups is 1. The van der Waals surface area contributed by atoms with Crippen molar-refractivity contribution in [2.45, 2.75) is 55.9 Å². The van der Waals surface area contributed by atoms with Crippen LogP contribution in [0.5, 0.6) is 0 Å². The number of benzene rings is 1. The number of hydrogen-bond acceptors (Lipinski definition) is 5. The second-order valence-corrected chi connectivity index (χ2v) is 9.81. The van der Waals surface area contributed by atoms with E-state index in [2.05, 4.69) is 5.32 Å². The molecular formula is C20H27N3O5S. The average molecular weight is 422 g/mol. The number of amides is 1. The minimum atomic E-state index is -3.71. The number of carbonyl (C=O) groups excluding carboxylic acids is 1. The Balaban J connectivity index is 1.77. The number of nitrogens with one attached hydrogen (secondary N) is 1. The predicted molar refractivity (Wildman–Crippen MR) is 111 cm³/mol. The van der Waals surface area contributed by atoms with Gasteiger partial charge in [-0.2, -0.15) is 0 Å². The zero-order chi connectivity index (χ0) is 21.2. The van der Waals surface area contributed by atoms with Crippen LogP contribution in [0.3, 0.4) is 0 Å². The van der Waals surface area contributed by atoms with Crippen LogP contribution in [0.2, 0.25) is 0 Å². The number of hydrogen-bond donors (Lipinski definition) is 1. The third-order valence-corrected chi connectivity index (χ3v) is 7.35. The number of rotatable bonds is 5. The molecule has 3 rings (SSSR count). The summed E-state index contributed by atoms with van der Waals surface area (Å²) in [5.41, 5.74) is -0.591. The Morgan fingerprint density at radius 2 is 1.59 bits per heavy atom. The predicted octanol–water partition coefficient (Wildman–Crippen LogP) is 1.24. The van der Waals surface area contributed by atoms with Gasteiger partial charge in [-0.05, 0) is 31.0 Å². The van der Waals surface area contributed by atoms with E-state index in [1.165, 1.54) is 49.7 Å². The smallest absolute Gasteiger partial charge is 0.316 e. The third kappa shape index (κ3) is 4.60. The number of sulfone groups is 1. The number of fused-ring (bicyclic) bond motifs is 1. The van der Waals surface area contributed by atoms with Crippen LogP contribution in [0, 0.1) is 0 Å². The van der Waals surface area contributed by atoms with Gasteiger partial charge in [-0.15, -0.1) is 0 Å². The molecule has 0 bridgehead atoms. The quantitative estimate of drug-likeness (QED) is 0.577. The lowest BCUT2D eigenvalue weighted by atomic mass is 10.1. The van der Waals surface area contributed by atoms with Crippen LogP contribution in [-0.4, -0.2) is 35.3 Å². The summed E-state index contributed by atoms with van der Waals surface area (Å²) in [5, 5.41) is 2.96. The molecule has 0 radical (unpaired) electrons. The van der Waals surface area contributed by atoms with Crippen LogP contribution < -0.4 is 16.4 Å². The monoisotopic (exact) mass is 421 g/mol. The van der Waals surface area contributed by atoms with Crippen LogP contribution in [0.25, 0.3) is 11.0 Å². The molecule has 158 valence electrons. The highest BCUT2D eigenvalue weighted by atomic mass is 32.2. The molecule has 1 aliphatic carbocycles. The number of nitrogens with zero attached hydrogens (tertiary/aromatic N) is 2. The molecule has 1 aromatic heterocycles. The summed E-state index contributed by atoms with van der Waals surface area (Å²) in [7, 11) is -0.807. The second-order valence-electron chi connectivity index (χ2n) is 7.70. The molecule has 1 N–H and O–H groups in total. The van der Waals surface area contributed by atoms with Crippen LogP contribution in [0.1, 0.15) is 44.9 Å². The molecule has 1 fully saturated rings. The number of aromatic nitrogens is 2. The first kappa shape index (κ1) is 21.3. The van der Waals surface area contributed by atoms with Gasteiger partial charge in [0, 0.05) is 26.6 Å². The summed E-state index contributed by atoms with van der Waals surface area (Å²) in [6, 6.07) is 4.43. The van der Waals surface area contributed by atoms with E-state index in [1.54, 1.807) is 0 Å². The van der Waals surface area contributed by atoms with E-state index in [1.807, 2.05) is 0 Å². The minimum absolute atomic E-state index is 0.0286. The Kier molecular flexibility index (Phi) is 6.26. The Bertz CT molecular complexity index is 1140. The van der Waals surface area contributed by atoms with Gasteiger partial charge in [0.25, 0.3) is 0 Å². The topological polar surface area (TPSA) is 107 Å². The Morgan fingerprint density at radius 3 is 2.21 bits per heavy atom. The zero-order valence-corrected chi connectivity index (χ0v) is 17.6. The lowest BCUT2D eigenvalue weighted by Crippen LogP contribution is -2.39. The Morgan fingerprint density at radius 1 is 1.00 bits per heavy atom. The summed E-state index contributed by atoms with van der Waals surface area (Å²) in [5.74, 6) is -0.562. The van der Waals surface area contributed by atoms with Crippen molar-refractivity contribution < 1.29 is 13.2 Å². The molecule has 1 heterocycles. The van der Waals surface area contributed by atoms with Crippen LogP contribution in [0.15, 0.2) is 32.7 Å². The first-order valence-electron chi connectivity index (χ1n) is 9.92. The van der Waals surface area contributed by atoms with Crippen LogP contribution in [-0.2, 0) is 28.7 Å². The minimum Gasteiger partial charge on any atom is -0.353 e. The molecule has 9 heteroatoms. The van der Waals surface area contributed by atoms with Crippen molar-refractivity contribution >= 4 is 26.8 Å². The molecule has 0 spiro atoms. The van der Waals surface area contributed by atoms with Crippen molar-refractivity contribution in [3.8, 4) is 0 Å². The SMILES string of the molecule is Cn1c(=O)c(=O)n(C)c2cc(S(=O)(=O)CCC(=O)NC3CCCCCC3)ccc21. The van der Waals surface area contributed by atoms with Crippen molar-refractivity contribution in [2.24, 2.45) is 14.1 Å². The van der Waals surface area contributed by atoms with Gasteiger partial charge in [0.2, 0.25) is 5.91 Å². The Hall–Kier alpha value is -2.42.